The van der Waals surface area contributed by atoms with E-state index in [0.29, 0.717) is 22.2 Å². The predicted octanol–water partition coefficient (Wildman–Crippen LogP) is 5.79. The van der Waals surface area contributed by atoms with Crippen LogP contribution in [0.3, 0.4) is 0 Å². The van der Waals surface area contributed by atoms with Crippen LogP contribution >= 0.6 is 15.9 Å². The minimum atomic E-state index is -3.47. The van der Waals surface area contributed by atoms with Crippen molar-refractivity contribution in [1.29, 1.82) is 0 Å². The first-order valence-corrected chi connectivity index (χ1v) is 11.0. The van der Waals surface area contributed by atoms with Gasteiger partial charge < -0.3 is 4.74 Å². The zero-order valence-corrected chi connectivity index (χ0v) is 17.4. The Bertz CT molecular complexity index is 928. The molecule has 0 spiro atoms. The van der Waals surface area contributed by atoms with Gasteiger partial charge in [-0.2, -0.15) is 0 Å². The molecule has 1 aliphatic heterocycles. The fraction of sp³-hybridized carbons (Fsp3) is 0.286. The molecule has 0 amide bonds. The molecule has 1 radical (unpaired) electrons. The molecule has 0 N–H and O–H groups in total. The Kier molecular flexibility index (Phi) is 5.88. The van der Waals surface area contributed by atoms with Crippen molar-refractivity contribution < 1.29 is 13.2 Å². The Morgan fingerprint density at radius 3 is 2.50 bits per heavy atom. The van der Waals surface area contributed by atoms with Gasteiger partial charge in [0.25, 0.3) is 0 Å². The maximum Gasteiger partial charge on any atom is 0.203 e. The first-order valence-electron chi connectivity index (χ1n) is 8.72. The summed E-state index contributed by atoms with van der Waals surface area (Å²) in [4.78, 5) is 0.734. The largest absolute Gasteiger partial charge is 0.494 e. The maximum atomic E-state index is 12.9. The highest BCUT2D eigenvalue weighted by Gasteiger charge is 2.33. The molecule has 0 atom stereocenters. The smallest absolute Gasteiger partial charge is 0.203 e. The van der Waals surface area contributed by atoms with Crippen LogP contribution in [-0.4, -0.2) is 15.0 Å². The zero-order valence-electron chi connectivity index (χ0n) is 15.0. The molecule has 0 unspecified atom stereocenters. The van der Waals surface area contributed by atoms with E-state index in [1.165, 1.54) is 0 Å². The molecule has 137 valence electrons. The van der Waals surface area contributed by atoms with E-state index in [4.69, 9.17) is 4.74 Å². The molecule has 2 aromatic carbocycles. The second-order valence-electron chi connectivity index (χ2n) is 6.35. The van der Waals surface area contributed by atoms with Crippen LogP contribution in [0, 0.1) is 6.42 Å². The van der Waals surface area contributed by atoms with Gasteiger partial charge in [0.1, 0.15) is 5.75 Å². The summed E-state index contributed by atoms with van der Waals surface area (Å²) in [7, 11) is -3.47. The quantitative estimate of drug-likeness (QED) is 0.518. The number of benzene rings is 2. The Labute approximate surface area is 164 Å². The number of rotatable bonds is 7. The molecular weight excluding hydrogens is 412 g/mol. The molecule has 0 saturated carbocycles. The van der Waals surface area contributed by atoms with Crippen molar-refractivity contribution in [3.63, 3.8) is 0 Å². The van der Waals surface area contributed by atoms with Gasteiger partial charge in [-0.3, -0.25) is 0 Å². The lowest BCUT2D eigenvalue weighted by molar-refractivity contribution is 0.306. The van der Waals surface area contributed by atoms with Crippen molar-refractivity contribution in [2.75, 3.05) is 6.61 Å². The lowest BCUT2D eigenvalue weighted by atomic mass is 9.98. The van der Waals surface area contributed by atoms with Crippen LogP contribution in [0.1, 0.15) is 44.2 Å². The molecule has 1 aliphatic rings. The monoisotopic (exact) mass is 433 g/mol. The number of hydrogen-bond acceptors (Lipinski definition) is 3. The molecule has 0 aliphatic carbocycles. The second kappa shape index (κ2) is 7.97. The first kappa shape index (κ1) is 19.2. The summed E-state index contributed by atoms with van der Waals surface area (Å²) in [6.07, 6.45) is 5.24. The number of allylic oxidation sites excluding steroid dienone is 1. The maximum absolute atomic E-state index is 12.9. The molecule has 3 nitrogen and oxygen atoms in total. The normalized spacial score (nSPS) is 15.2. The van der Waals surface area contributed by atoms with Gasteiger partial charge in [0.15, 0.2) is 0 Å². The minimum Gasteiger partial charge on any atom is -0.494 e. The first-order chi connectivity index (χ1) is 12.4. The third kappa shape index (κ3) is 3.74. The predicted molar refractivity (Wildman–Crippen MR) is 109 cm³/mol. The van der Waals surface area contributed by atoms with Crippen molar-refractivity contribution in [3.05, 3.63) is 69.4 Å². The summed E-state index contributed by atoms with van der Waals surface area (Å²) in [6.45, 7) is 4.32. The average molecular weight is 434 g/mol. The van der Waals surface area contributed by atoms with E-state index in [0.717, 1.165) is 40.4 Å². The number of fused-ring (bicyclic) bond motifs is 1. The molecule has 0 bridgehead atoms. The number of ether oxygens (including phenoxy) is 1. The third-order valence-electron chi connectivity index (χ3n) is 4.56. The molecule has 26 heavy (non-hydrogen) atoms. The summed E-state index contributed by atoms with van der Waals surface area (Å²) in [5.74, 6) is 0.609. The molecule has 1 heterocycles. The molecule has 2 aromatic rings. The van der Waals surface area contributed by atoms with Crippen LogP contribution in [0.25, 0.3) is 5.57 Å². The zero-order chi connectivity index (χ0) is 18.7. The number of halogens is 1. The van der Waals surface area contributed by atoms with Crippen molar-refractivity contribution in [3.8, 4) is 5.75 Å². The Morgan fingerprint density at radius 1 is 1.08 bits per heavy atom. The van der Waals surface area contributed by atoms with E-state index >= 15 is 0 Å². The summed E-state index contributed by atoms with van der Waals surface area (Å²) in [5.41, 5.74) is 2.42. The Morgan fingerprint density at radius 2 is 1.81 bits per heavy atom. The lowest BCUT2D eigenvalue weighted by Crippen LogP contribution is -2.01. The van der Waals surface area contributed by atoms with Gasteiger partial charge in [0.2, 0.25) is 9.84 Å². The molecule has 3 rings (SSSR count). The molecule has 0 fully saturated rings. The summed E-state index contributed by atoms with van der Waals surface area (Å²) in [5, 5.41) is 0. The number of hydrogen-bond donors (Lipinski definition) is 0. The van der Waals surface area contributed by atoms with E-state index in [1.807, 2.05) is 43.3 Å². The van der Waals surface area contributed by atoms with E-state index in [1.54, 1.807) is 13.0 Å². The fourth-order valence-corrected chi connectivity index (χ4v) is 4.95. The average Bonchev–Trinajstić information content (AvgIpc) is 2.82. The van der Waals surface area contributed by atoms with Crippen molar-refractivity contribution in [2.45, 2.75) is 38.0 Å². The van der Waals surface area contributed by atoms with Gasteiger partial charge in [-0.1, -0.05) is 41.4 Å². The molecule has 0 saturated heterocycles. The van der Waals surface area contributed by atoms with Gasteiger partial charge >= 0.3 is 0 Å². The van der Waals surface area contributed by atoms with Gasteiger partial charge in [-0.25, -0.2) is 8.42 Å². The SMILES string of the molecule is C[CH]CCCCOc1ccc2c(c1)S(=O)(=O)C(C)=C2c1ccc(Br)cc1. The third-order valence-corrected chi connectivity index (χ3v) is 7.01. The minimum absolute atomic E-state index is 0.340. The highest BCUT2D eigenvalue weighted by Crippen LogP contribution is 2.43. The molecular formula is C21H22BrO3S. The van der Waals surface area contributed by atoms with Crippen molar-refractivity contribution in [1.82, 2.24) is 0 Å². The van der Waals surface area contributed by atoms with Crippen LogP contribution in [-0.2, 0) is 9.84 Å². The Balaban J connectivity index is 1.89. The number of sulfone groups is 1. The van der Waals surface area contributed by atoms with Gasteiger partial charge in [0.05, 0.1) is 16.4 Å². The van der Waals surface area contributed by atoms with Gasteiger partial charge in [-0.15, -0.1) is 0 Å². The highest BCUT2D eigenvalue weighted by molar-refractivity contribution is 9.10. The Hall–Kier alpha value is -1.59. The van der Waals surface area contributed by atoms with Crippen LogP contribution in [0.2, 0.25) is 0 Å². The standard InChI is InChI=1S/C21H22BrO3S/c1-3-4-5-6-13-25-18-11-12-19-20(14-18)26(23,24)15(2)21(19)16-7-9-17(22)10-8-16/h3,7-12,14H,4-6,13H2,1-2H3. The van der Waals surface area contributed by atoms with Crippen LogP contribution < -0.4 is 4.74 Å². The van der Waals surface area contributed by atoms with E-state index < -0.39 is 9.84 Å². The summed E-state index contributed by atoms with van der Waals surface area (Å²) >= 11 is 3.42. The lowest BCUT2D eigenvalue weighted by Gasteiger charge is -2.09. The highest BCUT2D eigenvalue weighted by atomic mass is 79.9. The van der Waals surface area contributed by atoms with Crippen LogP contribution in [0.4, 0.5) is 0 Å². The number of unbranched alkanes of at least 4 members (excludes halogenated alkanes) is 3. The fourth-order valence-electron chi connectivity index (χ4n) is 3.13. The van der Waals surface area contributed by atoms with Gasteiger partial charge in [0, 0.05) is 15.6 Å². The van der Waals surface area contributed by atoms with E-state index in [2.05, 4.69) is 22.4 Å². The van der Waals surface area contributed by atoms with Gasteiger partial charge in [-0.05, 0) is 62.1 Å². The van der Waals surface area contributed by atoms with Crippen LogP contribution in [0.5, 0.6) is 5.75 Å². The summed E-state index contributed by atoms with van der Waals surface area (Å²) < 4.78 is 32.5. The van der Waals surface area contributed by atoms with Crippen LogP contribution in [0.15, 0.2) is 56.7 Å². The second-order valence-corrected chi connectivity index (χ2v) is 9.33. The molecule has 0 aromatic heterocycles. The van der Waals surface area contributed by atoms with Crippen molar-refractivity contribution in [2.24, 2.45) is 0 Å². The van der Waals surface area contributed by atoms with E-state index in [-0.39, 0.29) is 0 Å². The topological polar surface area (TPSA) is 43.4 Å². The van der Waals surface area contributed by atoms with Crippen molar-refractivity contribution >= 4 is 31.3 Å². The molecule has 5 heteroatoms. The van der Waals surface area contributed by atoms with E-state index in [9.17, 15) is 8.42 Å². The summed E-state index contributed by atoms with van der Waals surface area (Å²) in [6, 6.07) is 13.1.